The minimum Gasteiger partial charge on any atom is -0.490 e. The Morgan fingerprint density at radius 2 is 2.04 bits per heavy atom. The van der Waals surface area contributed by atoms with Gasteiger partial charge in [0.2, 0.25) is 0 Å². The van der Waals surface area contributed by atoms with Crippen molar-refractivity contribution in [2.75, 3.05) is 19.7 Å². The van der Waals surface area contributed by atoms with Crippen molar-refractivity contribution in [2.24, 2.45) is 4.99 Å². The fraction of sp³-hybridized carbons (Fsp3) is 0.294. The number of guanidine groups is 1. The van der Waals surface area contributed by atoms with Crippen molar-refractivity contribution < 1.29 is 4.74 Å². The summed E-state index contributed by atoms with van der Waals surface area (Å²) in [6.07, 6.45) is 3.41. The van der Waals surface area contributed by atoms with Gasteiger partial charge in [-0.1, -0.05) is 29.8 Å². The van der Waals surface area contributed by atoms with Gasteiger partial charge in [0.15, 0.2) is 5.96 Å². The highest BCUT2D eigenvalue weighted by atomic mass is 127. The first-order chi connectivity index (χ1) is 11.3. The smallest absolute Gasteiger partial charge is 0.191 e. The Balaban J connectivity index is 0.00000288. The number of ether oxygens (including phenoxy) is 1. The van der Waals surface area contributed by atoms with Crippen molar-refractivity contribution in [3.63, 3.8) is 0 Å². The Hall–Kier alpha value is -1.54. The van der Waals surface area contributed by atoms with Gasteiger partial charge in [-0.15, -0.1) is 24.0 Å². The summed E-state index contributed by atoms with van der Waals surface area (Å²) < 4.78 is 5.59. The fourth-order valence-electron chi connectivity index (χ4n) is 1.90. The van der Waals surface area contributed by atoms with Gasteiger partial charge in [0.1, 0.15) is 12.4 Å². The third-order valence-electron chi connectivity index (χ3n) is 3.01. The molecule has 5 nitrogen and oxygen atoms in total. The van der Waals surface area contributed by atoms with E-state index in [1.54, 1.807) is 12.4 Å². The van der Waals surface area contributed by atoms with Crippen LogP contribution in [0.25, 0.3) is 0 Å². The molecule has 0 atom stereocenters. The van der Waals surface area contributed by atoms with Crippen molar-refractivity contribution >= 4 is 41.5 Å². The van der Waals surface area contributed by atoms with Gasteiger partial charge in [0.25, 0.3) is 0 Å². The van der Waals surface area contributed by atoms with E-state index in [4.69, 9.17) is 16.3 Å². The van der Waals surface area contributed by atoms with Crippen molar-refractivity contribution in [3.05, 3.63) is 59.4 Å². The molecule has 0 fully saturated rings. The van der Waals surface area contributed by atoms with Crippen molar-refractivity contribution in [1.82, 2.24) is 15.6 Å². The van der Waals surface area contributed by atoms with E-state index in [1.165, 1.54) is 0 Å². The molecular weight excluding hydrogens is 439 g/mol. The van der Waals surface area contributed by atoms with Gasteiger partial charge in [0, 0.05) is 17.8 Å². The zero-order chi connectivity index (χ0) is 16.3. The van der Waals surface area contributed by atoms with Crippen LogP contribution in [0.5, 0.6) is 5.75 Å². The highest BCUT2D eigenvalue weighted by Gasteiger charge is 2.00. The van der Waals surface area contributed by atoms with E-state index in [0.717, 1.165) is 28.8 Å². The number of benzene rings is 1. The molecule has 2 aromatic rings. The van der Waals surface area contributed by atoms with Gasteiger partial charge in [-0.2, -0.15) is 0 Å². The maximum Gasteiger partial charge on any atom is 0.191 e. The maximum atomic E-state index is 6.14. The SMILES string of the molecule is CCNC(=NCc1ccccc1Cl)NCCOc1cccnc1.I. The number of hydrogen-bond acceptors (Lipinski definition) is 3. The van der Waals surface area contributed by atoms with Gasteiger partial charge in [-0.25, -0.2) is 4.99 Å². The fourth-order valence-corrected chi connectivity index (χ4v) is 2.10. The van der Waals surface area contributed by atoms with Crippen LogP contribution < -0.4 is 15.4 Å². The first kappa shape index (κ1) is 20.5. The van der Waals surface area contributed by atoms with Gasteiger partial charge in [-0.3, -0.25) is 4.98 Å². The van der Waals surface area contributed by atoms with Crippen LogP contribution in [0, 0.1) is 0 Å². The van der Waals surface area contributed by atoms with E-state index in [-0.39, 0.29) is 24.0 Å². The lowest BCUT2D eigenvalue weighted by Crippen LogP contribution is -2.39. The molecule has 0 radical (unpaired) electrons. The first-order valence-corrected chi connectivity index (χ1v) is 7.96. The number of aromatic nitrogens is 1. The van der Waals surface area contributed by atoms with Crippen molar-refractivity contribution in [3.8, 4) is 5.75 Å². The van der Waals surface area contributed by atoms with Crippen LogP contribution in [-0.2, 0) is 6.54 Å². The Kier molecular flexibility index (Phi) is 10.2. The molecule has 24 heavy (non-hydrogen) atoms. The van der Waals surface area contributed by atoms with Crippen molar-refractivity contribution in [1.29, 1.82) is 0 Å². The summed E-state index contributed by atoms with van der Waals surface area (Å²) in [5.74, 6) is 1.49. The van der Waals surface area contributed by atoms with E-state index in [2.05, 4.69) is 20.6 Å². The summed E-state index contributed by atoms with van der Waals surface area (Å²) in [5.41, 5.74) is 0.998. The Bertz CT molecular complexity index is 625. The van der Waals surface area contributed by atoms with Gasteiger partial charge >= 0.3 is 0 Å². The molecule has 2 N–H and O–H groups in total. The first-order valence-electron chi connectivity index (χ1n) is 7.58. The maximum absolute atomic E-state index is 6.14. The number of hydrogen-bond donors (Lipinski definition) is 2. The average molecular weight is 461 g/mol. The van der Waals surface area contributed by atoms with E-state index in [9.17, 15) is 0 Å². The predicted octanol–water partition coefficient (Wildman–Crippen LogP) is 3.49. The molecule has 1 aromatic heterocycles. The average Bonchev–Trinajstić information content (AvgIpc) is 2.58. The van der Waals surface area contributed by atoms with Crippen LogP contribution in [0.2, 0.25) is 5.02 Å². The van der Waals surface area contributed by atoms with Crippen LogP contribution in [0.1, 0.15) is 12.5 Å². The molecule has 0 saturated carbocycles. The minimum absolute atomic E-state index is 0. The number of nitrogens with zero attached hydrogens (tertiary/aromatic N) is 2. The quantitative estimate of drug-likeness (QED) is 0.287. The molecule has 1 heterocycles. The standard InChI is InChI=1S/C17H21ClN4O.HI/c1-2-20-17(22-12-14-6-3-4-8-16(14)18)21-10-11-23-15-7-5-9-19-13-15;/h3-9,13H,2,10-12H2,1H3,(H2,20,21,22);1H. The monoisotopic (exact) mass is 460 g/mol. The Morgan fingerprint density at radius 1 is 1.21 bits per heavy atom. The lowest BCUT2D eigenvalue weighted by molar-refractivity contribution is 0.320. The summed E-state index contributed by atoms with van der Waals surface area (Å²) in [4.78, 5) is 8.54. The molecule has 0 aliphatic heterocycles. The predicted molar refractivity (Wildman–Crippen MR) is 109 cm³/mol. The lowest BCUT2D eigenvalue weighted by Gasteiger charge is -2.12. The molecule has 0 saturated heterocycles. The summed E-state index contributed by atoms with van der Waals surface area (Å²) in [7, 11) is 0. The van der Waals surface area contributed by atoms with E-state index < -0.39 is 0 Å². The normalized spacial score (nSPS) is 10.7. The van der Waals surface area contributed by atoms with Gasteiger partial charge < -0.3 is 15.4 Å². The van der Waals surface area contributed by atoms with Gasteiger partial charge in [0.05, 0.1) is 19.3 Å². The summed E-state index contributed by atoms with van der Waals surface area (Å²) in [5, 5.41) is 7.16. The molecule has 7 heteroatoms. The summed E-state index contributed by atoms with van der Waals surface area (Å²) >= 11 is 6.14. The molecule has 0 unspecified atom stereocenters. The summed E-state index contributed by atoms with van der Waals surface area (Å²) in [6, 6.07) is 11.4. The zero-order valence-corrected chi connectivity index (χ0v) is 16.6. The van der Waals surface area contributed by atoms with E-state index in [1.807, 2.05) is 43.3 Å². The van der Waals surface area contributed by atoms with Crippen LogP contribution in [0.15, 0.2) is 53.8 Å². The molecule has 0 bridgehead atoms. The molecule has 0 amide bonds. The largest absolute Gasteiger partial charge is 0.490 e. The Morgan fingerprint density at radius 3 is 2.75 bits per heavy atom. The number of rotatable bonds is 7. The number of pyridine rings is 1. The Labute approximate surface area is 164 Å². The lowest BCUT2D eigenvalue weighted by atomic mass is 10.2. The van der Waals surface area contributed by atoms with Crippen LogP contribution in [-0.4, -0.2) is 30.6 Å². The minimum atomic E-state index is 0. The van der Waals surface area contributed by atoms with E-state index >= 15 is 0 Å². The highest BCUT2D eigenvalue weighted by molar-refractivity contribution is 14.0. The molecule has 0 spiro atoms. The zero-order valence-electron chi connectivity index (χ0n) is 13.5. The van der Waals surface area contributed by atoms with Crippen LogP contribution in [0.3, 0.4) is 0 Å². The third kappa shape index (κ3) is 7.35. The number of halogens is 2. The van der Waals surface area contributed by atoms with Crippen LogP contribution in [0.4, 0.5) is 0 Å². The molecular formula is C17H22ClIN4O. The molecule has 0 aliphatic carbocycles. The third-order valence-corrected chi connectivity index (χ3v) is 3.38. The molecule has 1 aromatic carbocycles. The molecule has 2 rings (SSSR count). The van der Waals surface area contributed by atoms with Crippen molar-refractivity contribution in [2.45, 2.75) is 13.5 Å². The van der Waals surface area contributed by atoms with Crippen LogP contribution >= 0.6 is 35.6 Å². The second-order valence-corrected chi connectivity index (χ2v) is 5.16. The second-order valence-electron chi connectivity index (χ2n) is 4.75. The topological polar surface area (TPSA) is 58.5 Å². The van der Waals surface area contributed by atoms with E-state index in [0.29, 0.717) is 19.7 Å². The number of nitrogens with one attached hydrogen (secondary N) is 2. The molecule has 130 valence electrons. The van der Waals surface area contributed by atoms with Gasteiger partial charge in [-0.05, 0) is 30.7 Å². The second kappa shape index (κ2) is 11.9. The highest BCUT2D eigenvalue weighted by Crippen LogP contribution is 2.15. The number of aliphatic imine (C=N–C) groups is 1. The summed E-state index contributed by atoms with van der Waals surface area (Å²) in [6.45, 7) is 4.51. The molecule has 0 aliphatic rings.